The first-order valence-corrected chi connectivity index (χ1v) is 16.8. The molecule has 0 aliphatic carbocycles. The first-order chi connectivity index (χ1) is 23.8. The molecular formula is C43H25N3OS. The first kappa shape index (κ1) is 27.0. The highest BCUT2D eigenvalue weighted by Crippen LogP contribution is 2.42. The lowest BCUT2D eigenvalue weighted by Crippen LogP contribution is -2.00. The molecule has 10 aromatic rings. The second kappa shape index (κ2) is 10.7. The van der Waals surface area contributed by atoms with E-state index in [0.29, 0.717) is 17.5 Å². The van der Waals surface area contributed by atoms with E-state index >= 15 is 0 Å². The summed E-state index contributed by atoms with van der Waals surface area (Å²) < 4.78 is 8.92. The lowest BCUT2D eigenvalue weighted by molar-refractivity contribution is 0.669. The topological polar surface area (TPSA) is 51.8 Å². The van der Waals surface area contributed by atoms with Gasteiger partial charge in [-0.2, -0.15) is 0 Å². The molecule has 0 bridgehead atoms. The van der Waals surface area contributed by atoms with E-state index < -0.39 is 0 Å². The summed E-state index contributed by atoms with van der Waals surface area (Å²) in [6, 6.07) is 52.7. The Hall–Kier alpha value is -6.17. The molecule has 3 heterocycles. The summed E-state index contributed by atoms with van der Waals surface area (Å²) in [5.41, 5.74) is 6.61. The van der Waals surface area contributed by atoms with Gasteiger partial charge in [0.25, 0.3) is 0 Å². The smallest absolute Gasteiger partial charge is 0.165 e. The number of fused-ring (bicyclic) bond motifs is 7. The van der Waals surface area contributed by atoms with E-state index in [1.54, 1.807) is 11.3 Å². The third-order valence-corrected chi connectivity index (χ3v) is 10.3. The summed E-state index contributed by atoms with van der Waals surface area (Å²) in [6.07, 6.45) is 0. The Labute approximate surface area is 279 Å². The van der Waals surface area contributed by atoms with Gasteiger partial charge in [0.15, 0.2) is 17.5 Å². The number of furan rings is 1. The Morgan fingerprint density at radius 2 is 1.12 bits per heavy atom. The van der Waals surface area contributed by atoms with Crippen LogP contribution in [0.3, 0.4) is 0 Å². The third-order valence-electron chi connectivity index (χ3n) is 9.11. The van der Waals surface area contributed by atoms with Crippen LogP contribution >= 0.6 is 11.3 Å². The molecule has 5 heteroatoms. The van der Waals surface area contributed by atoms with Crippen LogP contribution in [-0.2, 0) is 0 Å². The Kier molecular flexibility index (Phi) is 6.01. The molecule has 0 aliphatic heterocycles. The van der Waals surface area contributed by atoms with Crippen LogP contribution in [0.1, 0.15) is 0 Å². The number of aromatic nitrogens is 3. The third kappa shape index (κ3) is 4.33. The molecule has 0 spiro atoms. The molecule has 7 aromatic carbocycles. The van der Waals surface area contributed by atoms with Crippen molar-refractivity contribution in [3.05, 3.63) is 152 Å². The summed E-state index contributed by atoms with van der Waals surface area (Å²) in [7, 11) is 0. The molecule has 4 nitrogen and oxygen atoms in total. The summed E-state index contributed by atoms with van der Waals surface area (Å²) >= 11 is 1.78. The van der Waals surface area contributed by atoms with Crippen molar-refractivity contribution in [2.75, 3.05) is 0 Å². The molecule has 48 heavy (non-hydrogen) atoms. The van der Waals surface area contributed by atoms with Gasteiger partial charge in [-0.3, -0.25) is 0 Å². The van der Waals surface area contributed by atoms with Crippen LogP contribution in [-0.4, -0.2) is 15.0 Å². The SMILES string of the molecule is c1ccc(-c2nc(-c3cccc4c3sc3ccccc34)nc(-c3cc(-c4ccc5ccccc5c4)cc4oc5ccccc5c34)n2)cc1. The summed E-state index contributed by atoms with van der Waals surface area (Å²) in [5, 5.41) is 6.86. The molecule has 0 N–H and O–H groups in total. The van der Waals surface area contributed by atoms with Crippen LogP contribution < -0.4 is 0 Å². The maximum atomic E-state index is 6.52. The minimum atomic E-state index is 0.608. The number of para-hydroxylation sites is 1. The lowest BCUT2D eigenvalue weighted by atomic mass is 9.96. The van der Waals surface area contributed by atoms with Gasteiger partial charge in [0.1, 0.15) is 11.2 Å². The fourth-order valence-corrected chi connectivity index (χ4v) is 8.03. The molecular weight excluding hydrogens is 607 g/mol. The van der Waals surface area contributed by atoms with Crippen LogP contribution in [0.5, 0.6) is 0 Å². The van der Waals surface area contributed by atoms with Gasteiger partial charge in [-0.25, -0.2) is 15.0 Å². The molecule has 0 fully saturated rings. The first-order valence-electron chi connectivity index (χ1n) is 15.9. The molecule has 0 radical (unpaired) electrons. The van der Waals surface area contributed by atoms with Crippen molar-refractivity contribution in [3.63, 3.8) is 0 Å². The summed E-state index contributed by atoms with van der Waals surface area (Å²) in [5.74, 6) is 1.88. The molecule has 0 amide bonds. The molecule has 10 rings (SSSR count). The van der Waals surface area contributed by atoms with E-state index in [1.807, 2.05) is 30.3 Å². The van der Waals surface area contributed by atoms with Crippen LogP contribution in [0.4, 0.5) is 0 Å². The van der Waals surface area contributed by atoms with Gasteiger partial charge in [-0.1, -0.05) is 115 Å². The highest BCUT2D eigenvalue weighted by molar-refractivity contribution is 7.26. The van der Waals surface area contributed by atoms with Crippen molar-refractivity contribution in [2.45, 2.75) is 0 Å². The van der Waals surface area contributed by atoms with Gasteiger partial charge in [-0.15, -0.1) is 11.3 Å². The maximum Gasteiger partial charge on any atom is 0.165 e. The fourth-order valence-electron chi connectivity index (χ4n) is 6.82. The minimum Gasteiger partial charge on any atom is -0.456 e. The predicted octanol–water partition coefficient (Wildman–Crippen LogP) is 12.0. The highest BCUT2D eigenvalue weighted by atomic mass is 32.1. The van der Waals surface area contributed by atoms with Gasteiger partial charge < -0.3 is 4.42 Å². The van der Waals surface area contributed by atoms with E-state index in [-0.39, 0.29) is 0 Å². The number of nitrogens with zero attached hydrogens (tertiary/aromatic N) is 3. The van der Waals surface area contributed by atoms with Crippen LogP contribution in [0.25, 0.3) is 98.2 Å². The number of benzene rings is 7. The molecule has 0 saturated heterocycles. The van der Waals surface area contributed by atoms with Crippen molar-refractivity contribution in [3.8, 4) is 45.3 Å². The Morgan fingerprint density at radius 3 is 2.02 bits per heavy atom. The van der Waals surface area contributed by atoms with E-state index in [0.717, 1.165) is 49.8 Å². The summed E-state index contributed by atoms with van der Waals surface area (Å²) in [4.78, 5) is 15.6. The van der Waals surface area contributed by atoms with Gasteiger partial charge in [0.2, 0.25) is 0 Å². The van der Waals surface area contributed by atoms with Crippen LogP contribution in [0, 0.1) is 0 Å². The second-order valence-corrected chi connectivity index (χ2v) is 13.1. The number of rotatable bonds is 4. The highest BCUT2D eigenvalue weighted by Gasteiger charge is 2.21. The van der Waals surface area contributed by atoms with Crippen molar-refractivity contribution < 1.29 is 4.42 Å². The Bertz CT molecular complexity index is 2850. The standard InChI is InChI=1S/C43H25N3OS/c1-2-12-27(13-3-1)41-44-42(34-18-10-17-32-31-15-7-9-20-38(31)48-40(32)34)46-43(45-41)35-24-30(29-22-21-26-11-4-5-14-28(26)23-29)25-37-39(35)33-16-6-8-19-36(33)47-37/h1-25H. The van der Waals surface area contributed by atoms with E-state index in [4.69, 9.17) is 19.4 Å². The van der Waals surface area contributed by atoms with Gasteiger partial charge in [0.05, 0.1) is 0 Å². The van der Waals surface area contributed by atoms with Gasteiger partial charge in [-0.05, 0) is 58.3 Å². The van der Waals surface area contributed by atoms with Crippen molar-refractivity contribution in [1.82, 2.24) is 15.0 Å². The zero-order valence-electron chi connectivity index (χ0n) is 25.6. The minimum absolute atomic E-state index is 0.608. The normalized spacial score (nSPS) is 11.8. The van der Waals surface area contributed by atoms with E-state index in [9.17, 15) is 0 Å². The Balaban J connectivity index is 1.28. The second-order valence-electron chi connectivity index (χ2n) is 12.0. The monoisotopic (exact) mass is 631 g/mol. The quantitative estimate of drug-likeness (QED) is 0.194. The van der Waals surface area contributed by atoms with Gasteiger partial charge >= 0.3 is 0 Å². The molecule has 224 valence electrons. The average Bonchev–Trinajstić information content (AvgIpc) is 3.73. The van der Waals surface area contributed by atoms with E-state index in [2.05, 4.69) is 121 Å². The number of hydrogen-bond acceptors (Lipinski definition) is 5. The fraction of sp³-hybridized carbons (Fsp3) is 0. The van der Waals surface area contributed by atoms with Gasteiger partial charge in [0, 0.05) is 47.6 Å². The summed E-state index contributed by atoms with van der Waals surface area (Å²) in [6.45, 7) is 0. The predicted molar refractivity (Wildman–Crippen MR) is 199 cm³/mol. The molecule has 3 aromatic heterocycles. The molecule has 0 saturated carbocycles. The number of thiophene rings is 1. The van der Waals surface area contributed by atoms with Crippen molar-refractivity contribution in [1.29, 1.82) is 0 Å². The number of hydrogen-bond donors (Lipinski definition) is 0. The molecule has 0 aliphatic rings. The van der Waals surface area contributed by atoms with E-state index in [1.165, 1.54) is 30.9 Å². The van der Waals surface area contributed by atoms with Crippen molar-refractivity contribution >= 4 is 64.2 Å². The zero-order chi connectivity index (χ0) is 31.6. The lowest BCUT2D eigenvalue weighted by Gasteiger charge is -2.12. The Morgan fingerprint density at radius 1 is 0.417 bits per heavy atom. The average molecular weight is 632 g/mol. The van der Waals surface area contributed by atoms with Crippen molar-refractivity contribution in [2.24, 2.45) is 0 Å². The molecule has 0 unspecified atom stereocenters. The van der Waals surface area contributed by atoms with Crippen LogP contribution in [0.15, 0.2) is 156 Å². The largest absolute Gasteiger partial charge is 0.456 e. The molecule has 0 atom stereocenters. The van der Waals surface area contributed by atoms with Crippen LogP contribution in [0.2, 0.25) is 0 Å². The maximum absolute atomic E-state index is 6.52. The zero-order valence-corrected chi connectivity index (χ0v) is 26.4.